The summed E-state index contributed by atoms with van der Waals surface area (Å²) in [6, 6.07) is 0.728. The standard InChI is InChI=1S/C10H19NO2/c1-3-6-13-10(8-12-2)7-11-9-4-5-9/h3,9-11H,1,4-8H2,2H3. The van der Waals surface area contributed by atoms with E-state index in [0.717, 1.165) is 12.6 Å². The number of ether oxygens (including phenoxy) is 2. The third-order valence-corrected chi connectivity index (χ3v) is 2.01. The van der Waals surface area contributed by atoms with E-state index in [0.29, 0.717) is 13.2 Å². The van der Waals surface area contributed by atoms with Crippen LogP contribution in [-0.2, 0) is 9.47 Å². The topological polar surface area (TPSA) is 30.5 Å². The van der Waals surface area contributed by atoms with Gasteiger partial charge in [-0.15, -0.1) is 6.58 Å². The maximum atomic E-state index is 5.50. The maximum Gasteiger partial charge on any atom is 0.0936 e. The van der Waals surface area contributed by atoms with E-state index >= 15 is 0 Å². The van der Waals surface area contributed by atoms with Crippen molar-refractivity contribution in [1.29, 1.82) is 0 Å². The first-order valence-electron chi connectivity index (χ1n) is 4.81. The van der Waals surface area contributed by atoms with Crippen molar-refractivity contribution < 1.29 is 9.47 Å². The Morgan fingerprint density at radius 3 is 2.92 bits per heavy atom. The van der Waals surface area contributed by atoms with E-state index in [1.54, 1.807) is 13.2 Å². The number of hydrogen-bond donors (Lipinski definition) is 1. The molecule has 1 aliphatic carbocycles. The summed E-state index contributed by atoms with van der Waals surface area (Å²) in [5.41, 5.74) is 0. The summed E-state index contributed by atoms with van der Waals surface area (Å²) in [6.07, 6.45) is 4.53. The largest absolute Gasteiger partial charge is 0.382 e. The fourth-order valence-electron chi connectivity index (χ4n) is 1.14. The Balaban J connectivity index is 2.06. The van der Waals surface area contributed by atoms with Gasteiger partial charge in [0.15, 0.2) is 0 Å². The van der Waals surface area contributed by atoms with Crippen LogP contribution in [0.15, 0.2) is 12.7 Å². The van der Waals surface area contributed by atoms with E-state index in [4.69, 9.17) is 9.47 Å². The molecule has 1 fully saturated rings. The van der Waals surface area contributed by atoms with Crippen molar-refractivity contribution in [1.82, 2.24) is 5.32 Å². The normalized spacial score (nSPS) is 18.5. The molecule has 0 bridgehead atoms. The van der Waals surface area contributed by atoms with E-state index in [2.05, 4.69) is 11.9 Å². The molecule has 0 radical (unpaired) electrons. The van der Waals surface area contributed by atoms with E-state index in [-0.39, 0.29) is 6.10 Å². The molecule has 1 unspecified atom stereocenters. The van der Waals surface area contributed by atoms with Gasteiger partial charge in [-0.25, -0.2) is 0 Å². The van der Waals surface area contributed by atoms with Gasteiger partial charge in [-0.05, 0) is 12.8 Å². The highest BCUT2D eigenvalue weighted by atomic mass is 16.5. The second-order valence-corrected chi connectivity index (χ2v) is 3.38. The van der Waals surface area contributed by atoms with Crippen LogP contribution in [0, 0.1) is 0 Å². The van der Waals surface area contributed by atoms with Crippen LogP contribution < -0.4 is 5.32 Å². The third-order valence-electron chi connectivity index (χ3n) is 2.01. The zero-order valence-electron chi connectivity index (χ0n) is 8.29. The molecule has 1 atom stereocenters. The van der Waals surface area contributed by atoms with Crippen LogP contribution in [0.1, 0.15) is 12.8 Å². The van der Waals surface area contributed by atoms with Crippen LogP contribution in [-0.4, -0.2) is 39.0 Å². The monoisotopic (exact) mass is 185 g/mol. The van der Waals surface area contributed by atoms with Gasteiger partial charge in [-0.3, -0.25) is 0 Å². The molecule has 0 amide bonds. The zero-order chi connectivity index (χ0) is 9.52. The lowest BCUT2D eigenvalue weighted by Crippen LogP contribution is -2.33. The van der Waals surface area contributed by atoms with Crippen LogP contribution in [0.2, 0.25) is 0 Å². The smallest absolute Gasteiger partial charge is 0.0936 e. The summed E-state index contributed by atoms with van der Waals surface area (Å²) in [6.45, 7) is 5.74. The summed E-state index contributed by atoms with van der Waals surface area (Å²) in [7, 11) is 1.70. The van der Waals surface area contributed by atoms with E-state index in [9.17, 15) is 0 Å². The average Bonchev–Trinajstić information content (AvgIpc) is 2.93. The molecule has 1 saturated carbocycles. The molecule has 13 heavy (non-hydrogen) atoms. The predicted octanol–water partition coefficient (Wildman–Crippen LogP) is 0.956. The fraction of sp³-hybridized carbons (Fsp3) is 0.800. The van der Waals surface area contributed by atoms with Gasteiger partial charge in [0.1, 0.15) is 0 Å². The lowest BCUT2D eigenvalue weighted by atomic mass is 10.3. The zero-order valence-corrected chi connectivity index (χ0v) is 8.29. The lowest BCUT2D eigenvalue weighted by molar-refractivity contribution is 0.0119. The Labute approximate surface area is 80.1 Å². The average molecular weight is 185 g/mol. The molecule has 0 aliphatic heterocycles. The minimum absolute atomic E-state index is 0.156. The summed E-state index contributed by atoms with van der Waals surface area (Å²) >= 11 is 0. The molecule has 76 valence electrons. The van der Waals surface area contributed by atoms with Crippen molar-refractivity contribution >= 4 is 0 Å². The molecule has 0 heterocycles. The molecule has 0 saturated heterocycles. The number of rotatable bonds is 8. The van der Waals surface area contributed by atoms with Crippen molar-refractivity contribution in [3.05, 3.63) is 12.7 Å². The van der Waals surface area contributed by atoms with Gasteiger partial charge in [0.25, 0.3) is 0 Å². The number of nitrogens with one attached hydrogen (secondary N) is 1. The van der Waals surface area contributed by atoms with Gasteiger partial charge >= 0.3 is 0 Å². The van der Waals surface area contributed by atoms with E-state index in [1.807, 2.05) is 0 Å². The quantitative estimate of drug-likeness (QED) is 0.571. The van der Waals surface area contributed by atoms with Crippen molar-refractivity contribution in [2.24, 2.45) is 0 Å². The fourth-order valence-corrected chi connectivity index (χ4v) is 1.14. The Hall–Kier alpha value is -0.380. The maximum absolute atomic E-state index is 5.50. The predicted molar refractivity (Wildman–Crippen MR) is 52.8 cm³/mol. The minimum atomic E-state index is 0.156. The summed E-state index contributed by atoms with van der Waals surface area (Å²) in [5.74, 6) is 0. The van der Waals surface area contributed by atoms with Gasteiger partial charge in [-0.1, -0.05) is 6.08 Å². The molecule has 3 nitrogen and oxygen atoms in total. The highest BCUT2D eigenvalue weighted by Crippen LogP contribution is 2.18. The van der Waals surface area contributed by atoms with Crippen molar-refractivity contribution in [3.63, 3.8) is 0 Å². The molecular weight excluding hydrogens is 166 g/mol. The minimum Gasteiger partial charge on any atom is -0.382 e. The van der Waals surface area contributed by atoms with Gasteiger partial charge in [0.2, 0.25) is 0 Å². The first-order chi connectivity index (χ1) is 6.36. The van der Waals surface area contributed by atoms with Crippen LogP contribution in [0.3, 0.4) is 0 Å². The van der Waals surface area contributed by atoms with Crippen molar-refractivity contribution in [2.45, 2.75) is 25.0 Å². The molecule has 0 aromatic heterocycles. The Bertz CT molecular complexity index is 146. The van der Waals surface area contributed by atoms with E-state index < -0.39 is 0 Å². The summed E-state index contributed by atoms with van der Waals surface area (Å²) < 4.78 is 10.6. The number of methoxy groups -OCH3 is 1. The highest BCUT2D eigenvalue weighted by Gasteiger charge is 2.21. The van der Waals surface area contributed by atoms with Crippen LogP contribution in [0.4, 0.5) is 0 Å². The molecule has 0 spiro atoms. The highest BCUT2D eigenvalue weighted by molar-refractivity contribution is 4.82. The molecule has 0 aromatic carbocycles. The summed E-state index contributed by atoms with van der Waals surface area (Å²) in [5, 5.41) is 3.41. The molecule has 3 heteroatoms. The van der Waals surface area contributed by atoms with E-state index in [1.165, 1.54) is 12.8 Å². The lowest BCUT2D eigenvalue weighted by Gasteiger charge is -2.16. The van der Waals surface area contributed by atoms with Crippen LogP contribution in [0.25, 0.3) is 0 Å². The van der Waals surface area contributed by atoms with Gasteiger partial charge in [0.05, 0.1) is 19.3 Å². The molecular formula is C10H19NO2. The molecule has 0 aromatic rings. The third kappa shape index (κ3) is 5.03. The molecule has 1 aliphatic rings. The first-order valence-corrected chi connectivity index (χ1v) is 4.81. The van der Waals surface area contributed by atoms with Gasteiger partial charge in [0, 0.05) is 19.7 Å². The SMILES string of the molecule is C=CCOC(CNC1CC1)COC. The Kier molecular flexibility index (Phi) is 5.05. The van der Waals surface area contributed by atoms with Crippen molar-refractivity contribution in [3.8, 4) is 0 Å². The number of hydrogen-bond acceptors (Lipinski definition) is 3. The van der Waals surface area contributed by atoms with Crippen LogP contribution >= 0.6 is 0 Å². The second kappa shape index (κ2) is 6.13. The Morgan fingerprint density at radius 1 is 1.62 bits per heavy atom. The second-order valence-electron chi connectivity index (χ2n) is 3.38. The first kappa shape index (κ1) is 10.7. The van der Waals surface area contributed by atoms with Crippen LogP contribution in [0.5, 0.6) is 0 Å². The molecule has 1 N–H and O–H groups in total. The van der Waals surface area contributed by atoms with Gasteiger partial charge < -0.3 is 14.8 Å². The summed E-state index contributed by atoms with van der Waals surface area (Å²) in [4.78, 5) is 0. The molecule has 1 rings (SSSR count). The van der Waals surface area contributed by atoms with Crippen molar-refractivity contribution in [2.75, 3.05) is 26.9 Å². The van der Waals surface area contributed by atoms with Gasteiger partial charge in [-0.2, -0.15) is 0 Å². The Morgan fingerprint density at radius 2 is 2.38 bits per heavy atom.